The number of nitrogens with zero attached hydrogens (tertiary/aromatic N) is 3. The van der Waals surface area contributed by atoms with E-state index in [0.717, 1.165) is 11.1 Å². The first-order valence-corrected chi connectivity index (χ1v) is 13.9. The Kier molecular flexibility index (Phi) is 8.73. The minimum Gasteiger partial charge on any atom is -0.444 e. The quantitative estimate of drug-likeness (QED) is 0.300. The van der Waals surface area contributed by atoms with E-state index in [2.05, 4.69) is 10.3 Å². The Morgan fingerprint density at radius 2 is 1.50 bits per heavy atom. The second kappa shape index (κ2) is 12.9. The third-order valence-corrected chi connectivity index (χ3v) is 7.78. The van der Waals surface area contributed by atoms with Gasteiger partial charge >= 0.3 is 6.09 Å². The largest absolute Gasteiger partial charge is 0.444 e. The highest BCUT2D eigenvalue weighted by atomic mass is 32.2. The van der Waals surface area contributed by atoms with Gasteiger partial charge in [-0.05, 0) is 47.5 Å². The fourth-order valence-corrected chi connectivity index (χ4v) is 5.84. The number of pyridine rings is 1. The van der Waals surface area contributed by atoms with E-state index in [-0.39, 0.29) is 25.1 Å². The Morgan fingerprint density at radius 3 is 2.17 bits per heavy atom. The molecule has 0 bridgehead atoms. The van der Waals surface area contributed by atoms with Gasteiger partial charge < -0.3 is 10.1 Å². The van der Waals surface area contributed by atoms with Gasteiger partial charge in [0.05, 0.1) is 6.67 Å². The van der Waals surface area contributed by atoms with Gasteiger partial charge in [0, 0.05) is 29.4 Å². The summed E-state index contributed by atoms with van der Waals surface area (Å²) in [7, 11) is 0. The lowest BCUT2D eigenvalue weighted by molar-refractivity contribution is -0.122. The van der Waals surface area contributed by atoms with Crippen molar-refractivity contribution < 1.29 is 19.1 Å². The predicted octanol–water partition coefficient (Wildman–Crippen LogP) is 5.26. The molecule has 1 aliphatic heterocycles. The minimum absolute atomic E-state index is 0.0649. The van der Waals surface area contributed by atoms with E-state index in [9.17, 15) is 14.4 Å². The molecular formula is C31H28N4O4S. The van der Waals surface area contributed by atoms with Crippen LogP contribution in [0.15, 0.2) is 116 Å². The van der Waals surface area contributed by atoms with Gasteiger partial charge in [-0.15, -0.1) is 11.8 Å². The van der Waals surface area contributed by atoms with E-state index in [1.54, 1.807) is 48.8 Å². The average molecular weight is 553 g/mol. The molecule has 3 amide bonds. The van der Waals surface area contributed by atoms with E-state index in [4.69, 9.17) is 4.74 Å². The van der Waals surface area contributed by atoms with Crippen molar-refractivity contribution in [2.24, 2.45) is 0 Å². The third kappa shape index (κ3) is 6.32. The van der Waals surface area contributed by atoms with Gasteiger partial charge in [0.25, 0.3) is 11.8 Å². The van der Waals surface area contributed by atoms with E-state index >= 15 is 0 Å². The smallest absolute Gasteiger partial charge is 0.412 e. The number of anilines is 1. The number of rotatable bonds is 8. The van der Waals surface area contributed by atoms with Crippen molar-refractivity contribution in [3.63, 3.8) is 0 Å². The van der Waals surface area contributed by atoms with Gasteiger partial charge in [0.2, 0.25) is 0 Å². The summed E-state index contributed by atoms with van der Waals surface area (Å²) in [6.07, 6.45) is 2.73. The van der Waals surface area contributed by atoms with Crippen LogP contribution in [0.4, 0.5) is 10.5 Å². The second-order valence-corrected chi connectivity index (χ2v) is 10.2. The number of carbonyl (C=O) groups excluding carboxylic acids is 3. The molecule has 40 heavy (non-hydrogen) atoms. The van der Waals surface area contributed by atoms with Gasteiger partial charge in [-0.1, -0.05) is 66.7 Å². The lowest BCUT2D eigenvalue weighted by Gasteiger charge is -2.32. The van der Waals surface area contributed by atoms with Crippen molar-refractivity contribution in [1.82, 2.24) is 15.2 Å². The van der Waals surface area contributed by atoms with Crippen molar-refractivity contribution in [2.75, 3.05) is 17.3 Å². The molecule has 2 unspecified atom stereocenters. The zero-order valence-electron chi connectivity index (χ0n) is 21.6. The normalized spacial score (nSPS) is 16.2. The van der Waals surface area contributed by atoms with Crippen LogP contribution in [0.25, 0.3) is 0 Å². The fraction of sp³-hybridized carbons (Fsp3) is 0.161. The van der Waals surface area contributed by atoms with Crippen LogP contribution in [0.3, 0.4) is 0 Å². The molecule has 0 saturated carbocycles. The van der Waals surface area contributed by atoms with Gasteiger partial charge in [0.1, 0.15) is 18.0 Å². The summed E-state index contributed by atoms with van der Waals surface area (Å²) >= 11 is 1.49. The Hall–Kier alpha value is -4.63. The molecule has 0 spiro atoms. The molecule has 202 valence electrons. The Bertz CT molecular complexity index is 1430. The number of amides is 3. The Labute approximate surface area is 237 Å². The van der Waals surface area contributed by atoms with Crippen LogP contribution in [0, 0.1) is 0 Å². The van der Waals surface area contributed by atoms with Gasteiger partial charge in [-0.3, -0.25) is 24.4 Å². The predicted molar refractivity (Wildman–Crippen MR) is 154 cm³/mol. The molecule has 1 aromatic heterocycles. The number of thioether (sulfide) groups is 1. The highest BCUT2D eigenvalue weighted by molar-refractivity contribution is 7.99. The van der Waals surface area contributed by atoms with Gasteiger partial charge in [-0.2, -0.15) is 0 Å². The minimum atomic E-state index is -0.819. The number of benzene rings is 3. The standard InChI is InChI=1S/C31H28N4O4S/c36-28(24-12-6-2-7-13-24)33-22-34(26-14-8-3-9-15-26)29(37)27-21-40-30(25-16-18-32-19-17-25)35(27)31(38)39-20-23-10-4-1-5-11-23/h1-19,27,30H,20-22H2,(H,33,36). The molecule has 0 aliphatic carbocycles. The van der Waals surface area contributed by atoms with Crippen molar-refractivity contribution in [3.05, 3.63) is 132 Å². The van der Waals surface area contributed by atoms with E-state index in [1.165, 1.54) is 21.6 Å². The van der Waals surface area contributed by atoms with Crippen LogP contribution in [-0.2, 0) is 16.1 Å². The first-order valence-electron chi connectivity index (χ1n) is 12.8. The van der Waals surface area contributed by atoms with Crippen LogP contribution in [0.5, 0.6) is 0 Å². The summed E-state index contributed by atoms with van der Waals surface area (Å²) in [5, 5.41) is 2.42. The lowest BCUT2D eigenvalue weighted by atomic mass is 10.2. The second-order valence-electron chi connectivity index (χ2n) is 9.06. The Morgan fingerprint density at radius 1 is 0.875 bits per heavy atom. The average Bonchev–Trinajstić information content (AvgIpc) is 3.47. The number of hydrogen-bond donors (Lipinski definition) is 1. The molecular weight excluding hydrogens is 524 g/mol. The van der Waals surface area contributed by atoms with Crippen molar-refractivity contribution in [1.29, 1.82) is 0 Å². The van der Waals surface area contributed by atoms with Gasteiger partial charge in [-0.25, -0.2) is 4.79 Å². The monoisotopic (exact) mass is 552 g/mol. The summed E-state index contributed by atoms with van der Waals surface area (Å²) < 4.78 is 5.70. The maximum absolute atomic E-state index is 14.2. The molecule has 2 atom stereocenters. The molecule has 1 saturated heterocycles. The third-order valence-electron chi connectivity index (χ3n) is 6.46. The summed E-state index contributed by atoms with van der Waals surface area (Å²) in [5.74, 6) is -0.258. The number of carbonyl (C=O) groups is 3. The van der Waals surface area contributed by atoms with Crippen molar-refractivity contribution in [3.8, 4) is 0 Å². The summed E-state index contributed by atoms with van der Waals surface area (Å²) in [5.41, 5.74) is 2.79. The molecule has 5 rings (SSSR count). The first-order chi connectivity index (χ1) is 19.6. The molecule has 9 heteroatoms. The number of para-hydroxylation sites is 1. The molecule has 1 N–H and O–H groups in total. The fourth-order valence-electron chi connectivity index (χ4n) is 4.43. The zero-order chi connectivity index (χ0) is 27.7. The summed E-state index contributed by atoms with van der Waals surface area (Å²) in [6.45, 7) is 0.0188. The molecule has 4 aromatic rings. The highest BCUT2D eigenvalue weighted by Crippen LogP contribution is 2.42. The van der Waals surface area contributed by atoms with E-state index in [0.29, 0.717) is 17.0 Å². The molecule has 3 aromatic carbocycles. The van der Waals surface area contributed by atoms with Crippen molar-refractivity contribution in [2.45, 2.75) is 18.0 Å². The summed E-state index contributed by atoms with van der Waals surface area (Å²) in [6, 6.07) is 30.2. The molecule has 8 nitrogen and oxygen atoms in total. The number of ether oxygens (including phenoxy) is 1. The van der Waals surface area contributed by atoms with Crippen LogP contribution < -0.4 is 10.2 Å². The van der Waals surface area contributed by atoms with Crippen LogP contribution in [-0.4, -0.2) is 46.3 Å². The molecule has 0 radical (unpaired) electrons. The topological polar surface area (TPSA) is 91.8 Å². The maximum Gasteiger partial charge on any atom is 0.412 e. The van der Waals surface area contributed by atoms with E-state index < -0.39 is 17.5 Å². The van der Waals surface area contributed by atoms with Crippen LogP contribution in [0.1, 0.15) is 26.9 Å². The highest BCUT2D eigenvalue weighted by Gasteiger charge is 2.45. The summed E-state index contributed by atoms with van der Waals surface area (Å²) in [4.78, 5) is 47.6. The van der Waals surface area contributed by atoms with E-state index in [1.807, 2.05) is 66.7 Å². The number of hydrogen-bond acceptors (Lipinski definition) is 6. The lowest BCUT2D eigenvalue weighted by Crippen LogP contribution is -2.52. The van der Waals surface area contributed by atoms with Gasteiger partial charge in [0.15, 0.2) is 0 Å². The van der Waals surface area contributed by atoms with Crippen LogP contribution >= 0.6 is 11.8 Å². The SMILES string of the molecule is O=C(NCN(C(=O)C1CSC(c2ccncc2)N1C(=O)OCc1ccccc1)c1ccccc1)c1ccccc1. The van der Waals surface area contributed by atoms with Crippen molar-refractivity contribution >= 4 is 35.4 Å². The van der Waals surface area contributed by atoms with Crippen LogP contribution in [0.2, 0.25) is 0 Å². The molecule has 1 fully saturated rings. The molecule has 1 aliphatic rings. The molecule has 2 heterocycles. The number of aromatic nitrogens is 1. The number of nitrogens with one attached hydrogen (secondary N) is 1. The maximum atomic E-state index is 14.2. The zero-order valence-corrected chi connectivity index (χ0v) is 22.4. The Balaban J connectivity index is 1.40. The first kappa shape index (κ1) is 27.0.